The second-order valence-corrected chi connectivity index (χ2v) is 14.5. The van der Waals surface area contributed by atoms with E-state index >= 15 is 0 Å². The van der Waals surface area contributed by atoms with Gasteiger partial charge in [0.15, 0.2) is 0 Å². The van der Waals surface area contributed by atoms with Crippen LogP contribution in [0.2, 0.25) is 0 Å². The van der Waals surface area contributed by atoms with Gasteiger partial charge in [0.1, 0.15) is 0 Å². The smallest absolute Gasteiger partial charge is 0.0547 e. The molecular weight excluding hydrogens is 677 g/mol. The lowest BCUT2D eigenvalue weighted by Gasteiger charge is -2.14. The summed E-state index contributed by atoms with van der Waals surface area (Å²) < 4.78 is 4.87. The molecule has 0 N–H and O–H groups in total. The number of rotatable bonds is 6. The maximum absolute atomic E-state index is 2.43. The fourth-order valence-electron chi connectivity index (χ4n) is 8.70. The van der Waals surface area contributed by atoms with E-state index in [1.54, 1.807) is 0 Å². The van der Waals surface area contributed by atoms with Gasteiger partial charge in [-0.15, -0.1) is 0 Å². The highest BCUT2D eigenvalue weighted by Crippen LogP contribution is 2.40. The number of hydrogen-bond donors (Lipinski definition) is 0. The van der Waals surface area contributed by atoms with Gasteiger partial charge in [0.25, 0.3) is 0 Å². The maximum atomic E-state index is 2.43. The molecule has 2 nitrogen and oxygen atoms in total. The summed E-state index contributed by atoms with van der Waals surface area (Å²) in [6, 6.07) is 79.4. The van der Waals surface area contributed by atoms with Crippen molar-refractivity contribution in [1.82, 2.24) is 9.13 Å². The highest BCUT2D eigenvalue weighted by Gasteiger charge is 2.18. The molecule has 9 aromatic carbocycles. The molecule has 0 aliphatic heterocycles. The first kappa shape index (κ1) is 32.0. The van der Waals surface area contributed by atoms with E-state index in [0.717, 1.165) is 5.69 Å². The van der Waals surface area contributed by atoms with E-state index in [-0.39, 0.29) is 0 Å². The SMILES string of the molecule is c1ccc(-c2cccc(-c3cccc(-n4c5ccccc5c5ccc(-c6ccc7c(c6)c6ccccc6n7-c6ccccc6-c6ccccc6)cc54)c3)c2)cc1. The van der Waals surface area contributed by atoms with E-state index < -0.39 is 0 Å². The summed E-state index contributed by atoms with van der Waals surface area (Å²) in [4.78, 5) is 0. The average Bonchev–Trinajstić information content (AvgIpc) is 3.79. The normalized spacial score (nSPS) is 11.6. The minimum atomic E-state index is 1.14. The van der Waals surface area contributed by atoms with Gasteiger partial charge in [0.05, 0.1) is 27.8 Å². The summed E-state index contributed by atoms with van der Waals surface area (Å²) in [6.07, 6.45) is 0. The largest absolute Gasteiger partial charge is 0.309 e. The zero-order valence-electron chi connectivity index (χ0n) is 30.7. The van der Waals surface area contributed by atoms with Crippen LogP contribution in [-0.4, -0.2) is 9.13 Å². The lowest BCUT2D eigenvalue weighted by molar-refractivity contribution is 1.18. The third-order valence-electron chi connectivity index (χ3n) is 11.3. The zero-order valence-corrected chi connectivity index (χ0v) is 30.7. The second kappa shape index (κ2) is 13.2. The zero-order chi connectivity index (χ0) is 37.0. The number of hydrogen-bond acceptors (Lipinski definition) is 0. The number of aromatic nitrogens is 2. The highest BCUT2D eigenvalue weighted by molar-refractivity contribution is 6.12. The standard InChI is InChI=1S/C54H36N2/c1-3-15-37(16-4-1)39-19-13-20-40(33-39)41-21-14-22-44(34-41)55-51-27-11-8-24-46(51)48-31-29-43(36-54(48)55)42-30-32-53-49(35-42)47-25-9-12-28-52(47)56(53)50-26-10-7-23-45(50)38-17-5-2-6-18-38/h1-36H. The van der Waals surface area contributed by atoms with Crippen LogP contribution >= 0.6 is 0 Å². The van der Waals surface area contributed by atoms with Gasteiger partial charge in [-0.3, -0.25) is 0 Å². The molecule has 262 valence electrons. The molecule has 2 heteroatoms. The molecule has 2 heterocycles. The molecule has 0 aliphatic carbocycles. The average molecular weight is 713 g/mol. The van der Waals surface area contributed by atoms with Gasteiger partial charge in [-0.05, 0) is 93.5 Å². The maximum Gasteiger partial charge on any atom is 0.0547 e. The quantitative estimate of drug-likeness (QED) is 0.162. The van der Waals surface area contributed by atoms with Crippen LogP contribution in [-0.2, 0) is 0 Å². The Balaban J connectivity index is 1.06. The summed E-state index contributed by atoms with van der Waals surface area (Å²) in [7, 11) is 0. The van der Waals surface area contributed by atoms with Crippen LogP contribution in [0.5, 0.6) is 0 Å². The van der Waals surface area contributed by atoms with Gasteiger partial charge in [-0.1, -0.05) is 164 Å². The highest BCUT2D eigenvalue weighted by atomic mass is 15.0. The summed E-state index contributed by atoms with van der Waals surface area (Å²) in [6.45, 7) is 0. The van der Waals surface area contributed by atoms with Crippen LogP contribution in [0.25, 0.3) is 99.5 Å². The molecule has 0 spiro atoms. The predicted molar refractivity (Wildman–Crippen MR) is 237 cm³/mol. The molecular formula is C54H36N2. The minimum Gasteiger partial charge on any atom is -0.309 e. The molecule has 56 heavy (non-hydrogen) atoms. The van der Waals surface area contributed by atoms with Crippen molar-refractivity contribution in [2.45, 2.75) is 0 Å². The van der Waals surface area contributed by atoms with Crippen LogP contribution in [0.1, 0.15) is 0 Å². The van der Waals surface area contributed by atoms with Crippen molar-refractivity contribution in [2.75, 3.05) is 0 Å². The lowest BCUT2D eigenvalue weighted by Crippen LogP contribution is -1.97. The fraction of sp³-hybridized carbons (Fsp3) is 0. The molecule has 0 saturated carbocycles. The number of benzene rings is 9. The van der Waals surface area contributed by atoms with Crippen LogP contribution in [0.3, 0.4) is 0 Å². The Morgan fingerprint density at radius 1 is 0.232 bits per heavy atom. The summed E-state index contributed by atoms with van der Waals surface area (Å²) >= 11 is 0. The Labute approximate surface area is 325 Å². The molecule has 0 atom stereocenters. The van der Waals surface area contributed by atoms with Crippen LogP contribution in [0, 0.1) is 0 Å². The summed E-state index contributed by atoms with van der Waals surface area (Å²) in [5, 5.41) is 4.99. The first-order chi connectivity index (χ1) is 27.8. The predicted octanol–water partition coefficient (Wildman–Crippen LogP) is 14.5. The molecule has 11 aromatic rings. The van der Waals surface area contributed by atoms with Gasteiger partial charge in [-0.2, -0.15) is 0 Å². The molecule has 2 aromatic heterocycles. The van der Waals surface area contributed by atoms with Gasteiger partial charge in [0, 0.05) is 32.8 Å². The van der Waals surface area contributed by atoms with Gasteiger partial charge in [0.2, 0.25) is 0 Å². The minimum absolute atomic E-state index is 1.14. The van der Waals surface area contributed by atoms with E-state index in [2.05, 4.69) is 228 Å². The topological polar surface area (TPSA) is 9.86 Å². The molecule has 0 aliphatic rings. The third kappa shape index (κ3) is 5.26. The van der Waals surface area contributed by atoms with Crippen molar-refractivity contribution in [1.29, 1.82) is 0 Å². The van der Waals surface area contributed by atoms with Crippen molar-refractivity contribution in [3.05, 3.63) is 218 Å². The van der Waals surface area contributed by atoms with E-state index in [9.17, 15) is 0 Å². The van der Waals surface area contributed by atoms with Gasteiger partial charge < -0.3 is 9.13 Å². The van der Waals surface area contributed by atoms with E-state index in [0.29, 0.717) is 0 Å². The molecule has 0 bridgehead atoms. The Morgan fingerprint density at radius 3 is 1.52 bits per heavy atom. The molecule has 0 amide bonds. The van der Waals surface area contributed by atoms with E-state index in [4.69, 9.17) is 0 Å². The lowest BCUT2D eigenvalue weighted by atomic mass is 9.99. The Bertz CT molecular complexity index is 3240. The molecule has 0 saturated heterocycles. The molecule has 0 fully saturated rings. The van der Waals surface area contributed by atoms with Gasteiger partial charge in [-0.25, -0.2) is 0 Å². The van der Waals surface area contributed by atoms with Crippen molar-refractivity contribution in [3.8, 4) is 55.9 Å². The molecule has 11 rings (SSSR count). The first-order valence-electron chi connectivity index (χ1n) is 19.3. The number of fused-ring (bicyclic) bond motifs is 6. The van der Waals surface area contributed by atoms with Crippen molar-refractivity contribution in [3.63, 3.8) is 0 Å². The Hall–Kier alpha value is -7.42. The van der Waals surface area contributed by atoms with Crippen molar-refractivity contribution >= 4 is 43.6 Å². The monoisotopic (exact) mass is 712 g/mol. The van der Waals surface area contributed by atoms with E-state index in [1.165, 1.54) is 93.8 Å². The Kier molecular flexibility index (Phi) is 7.53. The van der Waals surface area contributed by atoms with Crippen LogP contribution in [0.15, 0.2) is 218 Å². The van der Waals surface area contributed by atoms with Crippen LogP contribution < -0.4 is 0 Å². The van der Waals surface area contributed by atoms with Crippen molar-refractivity contribution < 1.29 is 0 Å². The second-order valence-electron chi connectivity index (χ2n) is 14.5. The molecule has 0 radical (unpaired) electrons. The summed E-state index contributed by atoms with van der Waals surface area (Å²) in [5.74, 6) is 0. The first-order valence-corrected chi connectivity index (χ1v) is 19.3. The van der Waals surface area contributed by atoms with E-state index in [1.807, 2.05) is 0 Å². The number of para-hydroxylation sites is 3. The van der Waals surface area contributed by atoms with Gasteiger partial charge >= 0.3 is 0 Å². The molecule has 0 unspecified atom stereocenters. The Morgan fingerprint density at radius 2 is 0.732 bits per heavy atom. The van der Waals surface area contributed by atoms with Crippen molar-refractivity contribution in [2.24, 2.45) is 0 Å². The third-order valence-corrected chi connectivity index (χ3v) is 11.3. The fourth-order valence-corrected chi connectivity index (χ4v) is 8.70. The number of nitrogens with zero attached hydrogens (tertiary/aromatic N) is 2. The summed E-state index contributed by atoms with van der Waals surface area (Å²) in [5.41, 5.74) is 16.8. The van der Waals surface area contributed by atoms with Crippen LogP contribution in [0.4, 0.5) is 0 Å².